The quantitative estimate of drug-likeness (QED) is 0.736. The van der Waals surface area contributed by atoms with Gasteiger partial charge in [0, 0.05) is 42.4 Å². The van der Waals surface area contributed by atoms with Crippen molar-refractivity contribution in [3.05, 3.63) is 16.8 Å². The Morgan fingerprint density at radius 1 is 1.27 bits per heavy atom. The number of amides is 2. The number of ether oxygens (including phenoxy) is 1. The van der Waals surface area contributed by atoms with Crippen molar-refractivity contribution in [2.24, 2.45) is 11.3 Å². The minimum atomic E-state index is -0.190. The minimum Gasteiger partial charge on any atom is -0.380 e. The highest BCUT2D eigenvalue weighted by molar-refractivity contribution is 6.44. The molecular formula is C23H34ClN3O3. The maximum Gasteiger partial charge on any atom is 0.328 e. The predicted octanol–water partition coefficient (Wildman–Crippen LogP) is 3.50. The molecule has 30 heavy (non-hydrogen) atoms. The van der Waals surface area contributed by atoms with Crippen LogP contribution in [0.3, 0.4) is 0 Å². The zero-order valence-corrected chi connectivity index (χ0v) is 19.3. The number of nitrogens with one attached hydrogen (secondary N) is 1. The molecule has 1 saturated heterocycles. The molecule has 1 aliphatic carbocycles. The van der Waals surface area contributed by atoms with Crippen LogP contribution in [0.2, 0.25) is 0 Å². The summed E-state index contributed by atoms with van der Waals surface area (Å²) in [6, 6.07) is -0.190. The first-order chi connectivity index (χ1) is 14.3. The van der Waals surface area contributed by atoms with Gasteiger partial charge in [-0.15, -0.1) is 0 Å². The lowest BCUT2D eigenvalue weighted by Gasteiger charge is -2.47. The molecule has 6 nitrogen and oxygen atoms in total. The van der Waals surface area contributed by atoms with Crippen LogP contribution in [-0.2, 0) is 9.53 Å². The summed E-state index contributed by atoms with van der Waals surface area (Å²) in [5, 5.41) is 4.96. The zero-order valence-electron chi connectivity index (χ0n) is 18.6. The SMILES string of the molecule is CC=c1c(=C(C)Cl)c(NC(=O)CC2(C3CCCCCC3)COC2)cn1C(=O)N(C)C. The molecule has 0 radical (unpaired) electrons. The lowest BCUT2D eigenvalue weighted by Crippen LogP contribution is -2.50. The summed E-state index contributed by atoms with van der Waals surface area (Å²) in [5.41, 5.74) is 0.516. The molecule has 3 rings (SSSR count). The standard InChI is InChI=1S/C23H34ClN3O3/c1-5-19-21(16(2)24)18(13-27(19)22(29)26(3)4)25-20(28)12-23(14-30-15-23)17-10-8-6-7-9-11-17/h5,13,17H,6-12,14-15H2,1-4H3,(H,25,28). The van der Waals surface area contributed by atoms with Gasteiger partial charge in [-0.2, -0.15) is 0 Å². The Morgan fingerprint density at radius 3 is 2.37 bits per heavy atom. The molecule has 2 aliphatic rings. The topological polar surface area (TPSA) is 63.6 Å². The first kappa shape index (κ1) is 22.9. The molecule has 0 bridgehead atoms. The van der Waals surface area contributed by atoms with Gasteiger partial charge < -0.3 is 15.0 Å². The van der Waals surface area contributed by atoms with E-state index in [1.807, 2.05) is 13.0 Å². The smallest absolute Gasteiger partial charge is 0.328 e. The molecule has 0 unspecified atom stereocenters. The second-order valence-electron chi connectivity index (χ2n) is 8.94. The van der Waals surface area contributed by atoms with Crippen LogP contribution in [0.5, 0.6) is 0 Å². The third-order valence-electron chi connectivity index (χ3n) is 6.54. The summed E-state index contributed by atoms with van der Waals surface area (Å²) in [5.74, 6) is 0.499. The number of hydrogen-bond donors (Lipinski definition) is 1. The van der Waals surface area contributed by atoms with Crippen molar-refractivity contribution in [1.29, 1.82) is 0 Å². The summed E-state index contributed by atoms with van der Waals surface area (Å²) >= 11 is 6.37. The van der Waals surface area contributed by atoms with E-state index < -0.39 is 0 Å². The van der Waals surface area contributed by atoms with Crippen molar-refractivity contribution in [2.45, 2.75) is 58.8 Å². The van der Waals surface area contributed by atoms with Gasteiger partial charge in [0.25, 0.3) is 0 Å². The molecule has 1 aromatic heterocycles. The second-order valence-corrected chi connectivity index (χ2v) is 9.51. The Kier molecular flexibility index (Phi) is 7.30. The molecular weight excluding hydrogens is 402 g/mol. The number of rotatable bonds is 4. The van der Waals surface area contributed by atoms with Gasteiger partial charge in [0.05, 0.1) is 24.3 Å². The van der Waals surface area contributed by atoms with E-state index in [0.717, 1.165) is 0 Å². The van der Waals surface area contributed by atoms with Gasteiger partial charge in [0.1, 0.15) is 0 Å². The molecule has 2 amide bonds. The van der Waals surface area contributed by atoms with Crippen molar-refractivity contribution >= 4 is 40.3 Å². The number of hydrogen-bond acceptors (Lipinski definition) is 3. The zero-order chi connectivity index (χ0) is 21.9. The van der Waals surface area contributed by atoms with Gasteiger partial charge in [-0.1, -0.05) is 43.4 Å². The first-order valence-corrected chi connectivity index (χ1v) is 11.3. The van der Waals surface area contributed by atoms with Crippen LogP contribution in [0.25, 0.3) is 11.1 Å². The molecule has 7 heteroatoms. The van der Waals surface area contributed by atoms with Crippen LogP contribution in [0.15, 0.2) is 6.20 Å². The molecule has 1 saturated carbocycles. The maximum atomic E-state index is 13.1. The van der Waals surface area contributed by atoms with E-state index in [2.05, 4.69) is 5.32 Å². The third-order valence-corrected chi connectivity index (χ3v) is 6.73. The Bertz CT molecular complexity index is 903. The van der Waals surface area contributed by atoms with E-state index in [0.29, 0.717) is 46.8 Å². The maximum absolute atomic E-state index is 13.1. The van der Waals surface area contributed by atoms with Crippen molar-refractivity contribution < 1.29 is 14.3 Å². The molecule has 2 fully saturated rings. The van der Waals surface area contributed by atoms with Gasteiger partial charge >= 0.3 is 6.03 Å². The number of carbonyl (C=O) groups excluding carboxylic acids is 2. The van der Waals surface area contributed by atoms with Gasteiger partial charge in [0.15, 0.2) is 0 Å². The number of carbonyl (C=O) groups is 2. The first-order valence-electron chi connectivity index (χ1n) is 10.9. The van der Waals surface area contributed by atoms with E-state index in [9.17, 15) is 9.59 Å². The molecule has 1 aromatic rings. The second kappa shape index (κ2) is 9.56. The fourth-order valence-corrected chi connectivity index (χ4v) is 5.09. The highest BCUT2D eigenvalue weighted by Gasteiger charge is 2.46. The Balaban J connectivity index is 1.86. The average molecular weight is 436 g/mol. The number of anilines is 1. The van der Waals surface area contributed by atoms with Gasteiger partial charge in [-0.05, 0) is 32.6 Å². The summed E-state index contributed by atoms with van der Waals surface area (Å²) in [4.78, 5) is 27.2. The van der Waals surface area contributed by atoms with E-state index in [1.165, 1.54) is 48.0 Å². The largest absolute Gasteiger partial charge is 0.380 e. The van der Waals surface area contributed by atoms with Gasteiger partial charge in [-0.3, -0.25) is 9.36 Å². The van der Waals surface area contributed by atoms with Crippen LogP contribution in [0, 0.1) is 11.3 Å². The van der Waals surface area contributed by atoms with Crippen LogP contribution in [0.1, 0.15) is 58.8 Å². The number of aromatic nitrogens is 1. The van der Waals surface area contributed by atoms with E-state index in [4.69, 9.17) is 16.3 Å². The molecule has 1 aliphatic heterocycles. The number of halogens is 1. The fraction of sp³-hybridized carbons (Fsp3) is 0.652. The molecule has 1 N–H and O–H groups in total. The van der Waals surface area contributed by atoms with Crippen molar-refractivity contribution in [1.82, 2.24) is 9.47 Å². The van der Waals surface area contributed by atoms with Crippen molar-refractivity contribution in [3.63, 3.8) is 0 Å². The van der Waals surface area contributed by atoms with E-state index >= 15 is 0 Å². The van der Waals surface area contributed by atoms with Crippen LogP contribution in [-0.4, -0.2) is 48.7 Å². The van der Waals surface area contributed by atoms with Crippen molar-refractivity contribution in [2.75, 3.05) is 32.6 Å². The molecule has 0 aromatic carbocycles. The molecule has 0 spiro atoms. The van der Waals surface area contributed by atoms with Crippen LogP contribution < -0.4 is 15.9 Å². The molecule has 166 valence electrons. The lowest BCUT2D eigenvalue weighted by atomic mass is 9.68. The third kappa shape index (κ3) is 4.59. The highest BCUT2D eigenvalue weighted by atomic mass is 35.5. The predicted molar refractivity (Wildman–Crippen MR) is 121 cm³/mol. The lowest BCUT2D eigenvalue weighted by molar-refractivity contribution is -0.160. The Morgan fingerprint density at radius 2 is 1.90 bits per heavy atom. The Labute approximate surface area is 183 Å². The van der Waals surface area contributed by atoms with Gasteiger partial charge in [-0.25, -0.2) is 4.79 Å². The number of nitrogens with zero attached hydrogens (tertiary/aromatic N) is 2. The van der Waals surface area contributed by atoms with Crippen LogP contribution >= 0.6 is 11.6 Å². The van der Waals surface area contributed by atoms with Crippen LogP contribution in [0.4, 0.5) is 10.5 Å². The minimum absolute atomic E-state index is 0.0428. The monoisotopic (exact) mass is 435 g/mol. The normalized spacial score (nSPS) is 20.9. The molecule has 0 atom stereocenters. The summed E-state index contributed by atoms with van der Waals surface area (Å²) in [6.45, 7) is 4.95. The van der Waals surface area contributed by atoms with Gasteiger partial charge in [0.2, 0.25) is 5.91 Å². The summed E-state index contributed by atoms with van der Waals surface area (Å²) in [7, 11) is 3.40. The fourth-order valence-electron chi connectivity index (χ4n) is 4.89. The highest BCUT2D eigenvalue weighted by Crippen LogP contribution is 2.45. The Hall–Kier alpha value is -1.79. The van der Waals surface area contributed by atoms with E-state index in [1.54, 1.807) is 27.2 Å². The summed E-state index contributed by atoms with van der Waals surface area (Å²) in [6.07, 6.45) is 11.4. The van der Waals surface area contributed by atoms with Crippen molar-refractivity contribution in [3.8, 4) is 0 Å². The average Bonchev–Trinajstić information content (AvgIpc) is 2.83. The summed E-state index contributed by atoms with van der Waals surface area (Å²) < 4.78 is 7.11. The molecule has 2 heterocycles. The van der Waals surface area contributed by atoms with E-state index in [-0.39, 0.29) is 17.4 Å².